The Labute approximate surface area is 110 Å². The van der Waals surface area contributed by atoms with Crippen molar-refractivity contribution >= 4 is 15.9 Å². The van der Waals surface area contributed by atoms with Crippen LogP contribution in [-0.4, -0.2) is 19.2 Å². The summed E-state index contributed by atoms with van der Waals surface area (Å²) in [4.78, 5) is 0. The number of nitrogens with one attached hydrogen (secondary N) is 1. The van der Waals surface area contributed by atoms with E-state index in [1.165, 1.54) is 6.07 Å². The average Bonchev–Trinajstić information content (AvgIpc) is 2.29. The zero-order valence-electron chi connectivity index (χ0n) is 9.88. The summed E-state index contributed by atoms with van der Waals surface area (Å²) < 4.78 is 20.5. The predicted molar refractivity (Wildman–Crippen MR) is 69.5 cm³/mol. The lowest BCUT2D eigenvalue weighted by atomic mass is 10.1. The van der Waals surface area contributed by atoms with Gasteiger partial charge in [0.05, 0.1) is 12.2 Å². The molecule has 94 valence electrons. The lowest BCUT2D eigenvalue weighted by Gasteiger charge is -2.31. The van der Waals surface area contributed by atoms with Crippen LogP contribution in [-0.2, 0) is 4.74 Å². The monoisotopic (exact) mass is 301 g/mol. The molecule has 0 radical (unpaired) electrons. The zero-order valence-corrected chi connectivity index (χ0v) is 11.5. The predicted octanol–water partition coefficient (Wildman–Crippen LogP) is 3.42. The molecule has 1 aromatic carbocycles. The Morgan fingerprint density at radius 3 is 3.00 bits per heavy atom. The minimum Gasteiger partial charge on any atom is -0.368 e. The quantitative estimate of drug-likeness (QED) is 0.924. The molecular weight excluding hydrogens is 285 g/mol. The molecule has 0 bridgehead atoms. The lowest BCUT2D eigenvalue weighted by Crippen LogP contribution is -2.40. The van der Waals surface area contributed by atoms with Gasteiger partial charge in [-0.15, -0.1) is 0 Å². The third-order valence-electron chi connectivity index (χ3n) is 2.98. The summed E-state index contributed by atoms with van der Waals surface area (Å²) in [6.07, 6.45) is 2.12. The Balaban J connectivity index is 2.10. The Morgan fingerprint density at radius 1 is 1.47 bits per heavy atom. The van der Waals surface area contributed by atoms with Crippen LogP contribution in [0.1, 0.15) is 31.4 Å². The summed E-state index contributed by atoms with van der Waals surface area (Å²) in [5, 5.41) is 3.31. The fourth-order valence-electron chi connectivity index (χ4n) is 2.14. The van der Waals surface area contributed by atoms with Gasteiger partial charge in [-0.1, -0.05) is 35.3 Å². The van der Waals surface area contributed by atoms with Crippen molar-refractivity contribution < 1.29 is 9.13 Å². The molecule has 1 fully saturated rings. The number of halogens is 2. The van der Waals surface area contributed by atoms with Crippen molar-refractivity contribution in [1.29, 1.82) is 0 Å². The molecule has 0 spiro atoms. The van der Waals surface area contributed by atoms with Crippen LogP contribution in [0.25, 0.3) is 0 Å². The fraction of sp³-hybridized carbons (Fsp3) is 0.538. The maximum Gasteiger partial charge on any atom is 0.130 e. The molecule has 0 amide bonds. The summed E-state index contributed by atoms with van der Waals surface area (Å²) in [7, 11) is 0. The number of ether oxygens (including phenoxy) is 1. The molecule has 17 heavy (non-hydrogen) atoms. The fourth-order valence-corrected chi connectivity index (χ4v) is 2.48. The first-order valence-electron chi connectivity index (χ1n) is 6.02. The first kappa shape index (κ1) is 13.0. The summed E-state index contributed by atoms with van der Waals surface area (Å²) in [6, 6.07) is 5.13. The standard InChI is InChI=1S/C13H17BrFNO/c1-2-3-10-7-16-8-13(17-10)11-5-4-9(14)6-12(11)15/h4-6,10,13,16H,2-3,7-8H2,1H3. The number of morpholine rings is 1. The highest BCUT2D eigenvalue weighted by molar-refractivity contribution is 9.10. The maximum atomic E-state index is 13.8. The normalized spacial score (nSPS) is 24.9. The summed E-state index contributed by atoms with van der Waals surface area (Å²) in [6.45, 7) is 3.68. The van der Waals surface area contributed by atoms with Crippen molar-refractivity contribution in [3.8, 4) is 0 Å². The minimum absolute atomic E-state index is 0.173. The molecule has 1 N–H and O–H groups in total. The SMILES string of the molecule is CCCC1CNCC(c2ccc(Br)cc2F)O1. The third-order valence-corrected chi connectivity index (χ3v) is 3.47. The van der Waals surface area contributed by atoms with Crippen molar-refractivity contribution in [3.05, 3.63) is 34.1 Å². The molecule has 0 saturated carbocycles. The molecule has 1 aliphatic rings. The average molecular weight is 302 g/mol. The van der Waals surface area contributed by atoms with Gasteiger partial charge in [0.1, 0.15) is 5.82 Å². The van der Waals surface area contributed by atoms with E-state index in [1.807, 2.05) is 6.07 Å². The van der Waals surface area contributed by atoms with E-state index in [0.29, 0.717) is 12.1 Å². The largest absolute Gasteiger partial charge is 0.368 e. The number of benzene rings is 1. The summed E-state index contributed by atoms with van der Waals surface area (Å²) in [5.41, 5.74) is 0.640. The van der Waals surface area contributed by atoms with Gasteiger partial charge in [-0.05, 0) is 18.6 Å². The molecule has 2 unspecified atom stereocenters. The third kappa shape index (κ3) is 3.27. The molecule has 2 nitrogen and oxygen atoms in total. The molecule has 0 aromatic heterocycles. The first-order chi connectivity index (χ1) is 8.20. The molecule has 4 heteroatoms. The van der Waals surface area contributed by atoms with E-state index in [1.54, 1.807) is 6.07 Å². The smallest absolute Gasteiger partial charge is 0.130 e. The van der Waals surface area contributed by atoms with Gasteiger partial charge in [0, 0.05) is 23.1 Å². The van der Waals surface area contributed by atoms with Crippen molar-refractivity contribution in [2.24, 2.45) is 0 Å². The van der Waals surface area contributed by atoms with Gasteiger partial charge in [-0.3, -0.25) is 0 Å². The van der Waals surface area contributed by atoms with Gasteiger partial charge in [-0.2, -0.15) is 0 Å². The molecule has 1 aromatic rings. The van der Waals surface area contributed by atoms with E-state index in [4.69, 9.17) is 4.74 Å². The van der Waals surface area contributed by atoms with Crippen molar-refractivity contribution in [1.82, 2.24) is 5.32 Å². The molecule has 2 rings (SSSR count). The van der Waals surface area contributed by atoms with Gasteiger partial charge < -0.3 is 10.1 Å². The van der Waals surface area contributed by atoms with Crippen LogP contribution in [0.5, 0.6) is 0 Å². The second-order valence-electron chi connectivity index (χ2n) is 4.36. The topological polar surface area (TPSA) is 21.3 Å². The van der Waals surface area contributed by atoms with Crippen molar-refractivity contribution in [3.63, 3.8) is 0 Å². The number of rotatable bonds is 3. The molecule has 1 heterocycles. The summed E-state index contributed by atoms with van der Waals surface area (Å²) in [5.74, 6) is -0.205. The van der Waals surface area contributed by atoms with E-state index in [2.05, 4.69) is 28.2 Å². The lowest BCUT2D eigenvalue weighted by molar-refractivity contribution is -0.0439. The maximum absolute atomic E-state index is 13.8. The molecular formula is C13H17BrFNO. The van der Waals surface area contributed by atoms with Crippen molar-refractivity contribution in [2.45, 2.75) is 32.0 Å². The highest BCUT2D eigenvalue weighted by atomic mass is 79.9. The van der Waals surface area contributed by atoms with Crippen LogP contribution in [0.2, 0.25) is 0 Å². The van der Waals surface area contributed by atoms with Gasteiger partial charge in [0.25, 0.3) is 0 Å². The van der Waals surface area contributed by atoms with E-state index in [9.17, 15) is 4.39 Å². The van der Waals surface area contributed by atoms with E-state index < -0.39 is 0 Å². The van der Waals surface area contributed by atoms with Crippen LogP contribution < -0.4 is 5.32 Å². The highest BCUT2D eigenvalue weighted by Gasteiger charge is 2.24. The Hall–Kier alpha value is -0.450. The van der Waals surface area contributed by atoms with E-state index in [-0.39, 0.29) is 18.0 Å². The molecule has 0 aliphatic carbocycles. The summed E-state index contributed by atoms with van der Waals surface area (Å²) >= 11 is 3.26. The zero-order chi connectivity index (χ0) is 12.3. The van der Waals surface area contributed by atoms with E-state index in [0.717, 1.165) is 23.9 Å². The minimum atomic E-state index is -0.205. The Kier molecular flexibility index (Phi) is 4.54. The molecule has 1 aliphatic heterocycles. The van der Waals surface area contributed by atoms with Crippen LogP contribution >= 0.6 is 15.9 Å². The molecule has 1 saturated heterocycles. The van der Waals surface area contributed by atoms with Crippen LogP contribution in [0.4, 0.5) is 4.39 Å². The number of hydrogen-bond acceptors (Lipinski definition) is 2. The van der Waals surface area contributed by atoms with Gasteiger partial charge in [0.2, 0.25) is 0 Å². The van der Waals surface area contributed by atoms with Gasteiger partial charge >= 0.3 is 0 Å². The van der Waals surface area contributed by atoms with Crippen LogP contribution in [0.3, 0.4) is 0 Å². The van der Waals surface area contributed by atoms with Crippen molar-refractivity contribution in [2.75, 3.05) is 13.1 Å². The van der Waals surface area contributed by atoms with Crippen LogP contribution in [0, 0.1) is 5.82 Å². The van der Waals surface area contributed by atoms with Gasteiger partial charge in [-0.25, -0.2) is 4.39 Å². The second-order valence-corrected chi connectivity index (χ2v) is 5.28. The Bertz CT molecular complexity index is 384. The second kappa shape index (κ2) is 5.94. The molecule has 2 atom stereocenters. The van der Waals surface area contributed by atoms with Crippen LogP contribution in [0.15, 0.2) is 22.7 Å². The van der Waals surface area contributed by atoms with E-state index >= 15 is 0 Å². The Morgan fingerprint density at radius 2 is 2.29 bits per heavy atom. The first-order valence-corrected chi connectivity index (χ1v) is 6.81. The van der Waals surface area contributed by atoms with Gasteiger partial charge in [0.15, 0.2) is 0 Å². The highest BCUT2D eigenvalue weighted by Crippen LogP contribution is 2.27. The number of hydrogen-bond donors (Lipinski definition) is 1.